The minimum absolute atomic E-state index is 0.0112. The highest BCUT2D eigenvalue weighted by Gasteiger charge is 2.26. The van der Waals surface area contributed by atoms with Crippen molar-refractivity contribution >= 4 is 0 Å². The van der Waals surface area contributed by atoms with Crippen molar-refractivity contribution in [2.75, 3.05) is 55.6 Å². The van der Waals surface area contributed by atoms with E-state index in [0.717, 1.165) is 17.5 Å². The lowest BCUT2D eigenvalue weighted by Crippen LogP contribution is -2.27. The molecule has 8 heteroatoms. The van der Waals surface area contributed by atoms with Gasteiger partial charge < -0.3 is 38.3 Å². The molecular formula is C24H32O8. The van der Waals surface area contributed by atoms with Crippen LogP contribution in [0.1, 0.15) is 11.1 Å². The Balaban J connectivity index is 1.87. The normalized spacial score (nSPS) is 14.2. The Morgan fingerprint density at radius 2 is 1.25 bits per heavy atom. The first kappa shape index (κ1) is 23.8. The van der Waals surface area contributed by atoms with Gasteiger partial charge in [0, 0.05) is 27.4 Å². The SMILES string of the molecule is COC[C@H](Cc1cc(OC)c(O)c(OC)c1)[C@H](COC)Cc1cc(OC)c2c(c1)OCO2. The van der Waals surface area contributed by atoms with Crippen LogP contribution >= 0.6 is 0 Å². The first-order valence-electron chi connectivity index (χ1n) is 10.4. The second kappa shape index (κ2) is 11.2. The van der Waals surface area contributed by atoms with E-state index in [9.17, 15) is 5.11 Å². The highest BCUT2D eigenvalue weighted by Crippen LogP contribution is 2.43. The number of hydrogen-bond donors (Lipinski definition) is 1. The summed E-state index contributed by atoms with van der Waals surface area (Å²) < 4.78 is 38.3. The van der Waals surface area contributed by atoms with Crippen molar-refractivity contribution < 1.29 is 38.3 Å². The summed E-state index contributed by atoms with van der Waals surface area (Å²) in [5.74, 6) is 3.00. The zero-order valence-corrected chi connectivity index (χ0v) is 19.3. The van der Waals surface area contributed by atoms with Crippen LogP contribution in [0.4, 0.5) is 0 Å². The largest absolute Gasteiger partial charge is 0.502 e. The van der Waals surface area contributed by atoms with Gasteiger partial charge in [-0.1, -0.05) is 0 Å². The molecule has 2 aromatic carbocycles. The van der Waals surface area contributed by atoms with Gasteiger partial charge in [-0.2, -0.15) is 0 Å². The van der Waals surface area contributed by atoms with E-state index in [1.54, 1.807) is 21.3 Å². The molecule has 2 aromatic rings. The lowest BCUT2D eigenvalue weighted by molar-refractivity contribution is 0.0696. The molecule has 0 spiro atoms. The van der Waals surface area contributed by atoms with Gasteiger partial charge in [-0.3, -0.25) is 0 Å². The first-order chi connectivity index (χ1) is 15.5. The number of aromatic hydroxyl groups is 1. The summed E-state index contributed by atoms with van der Waals surface area (Å²) in [5.41, 5.74) is 2.04. The van der Waals surface area contributed by atoms with Gasteiger partial charge in [0.05, 0.1) is 21.3 Å². The fraction of sp³-hybridized carbons (Fsp3) is 0.500. The van der Waals surface area contributed by atoms with Crippen molar-refractivity contribution in [2.45, 2.75) is 12.8 Å². The van der Waals surface area contributed by atoms with Crippen LogP contribution in [0.25, 0.3) is 0 Å². The van der Waals surface area contributed by atoms with Gasteiger partial charge in [0.15, 0.2) is 23.0 Å². The lowest BCUT2D eigenvalue weighted by atomic mass is 9.83. The highest BCUT2D eigenvalue weighted by atomic mass is 16.7. The van der Waals surface area contributed by atoms with Gasteiger partial charge in [-0.15, -0.1) is 0 Å². The van der Waals surface area contributed by atoms with Gasteiger partial charge in [0.1, 0.15) is 0 Å². The van der Waals surface area contributed by atoms with Crippen molar-refractivity contribution in [3.05, 3.63) is 35.4 Å². The maximum atomic E-state index is 10.2. The fourth-order valence-corrected chi connectivity index (χ4v) is 4.12. The standard InChI is InChI=1S/C24H32O8/c1-26-12-17(6-15-8-19(28-3)23(25)20(9-15)29-4)18(13-27-2)7-16-10-21(30-5)24-22(11-16)31-14-32-24/h8-11,17-18,25H,6-7,12-14H2,1-5H3/t17-,18-/m0/s1. The van der Waals surface area contributed by atoms with Crippen LogP contribution in [0.2, 0.25) is 0 Å². The topological polar surface area (TPSA) is 84.8 Å². The zero-order chi connectivity index (χ0) is 23.1. The van der Waals surface area contributed by atoms with Crippen LogP contribution < -0.4 is 23.7 Å². The fourth-order valence-electron chi connectivity index (χ4n) is 4.12. The van der Waals surface area contributed by atoms with E-state index >= 15 is 0 Å². The summed E-state index contributed by atoms with van der Waals surface area (Å²) in [6.45, 7) is 1.28. The Bertz CT molecular complexity index is 848. The third-order valence-electron chi connectivity index (χ3n) is 5.68. The number of benzene rings is 2. The van der Waals surface area contributed by atoms with E-state index in [-0.39, 0.29) is 24.4 Å². The summed E-state index contributed by atoms with van der Waals surface area (Å²) in [6, 6.07) is 7.62. The maximum absolute atomic E-state index is 10.2. The van der Waals surface area contributed by atoms with Crippen LogP contribution in [-0.2, 0) is 22.3 Å². The van der Waals surface area contributed by atoms with Crippen molar-refractivity contribution in [2.24, 2.45) is 11.8 Å². The van der Waals surface area contributed by atoms with E-state index < -0.39 is 0 Å². The molecule has 1 aliphatic rings. The predicted octanol–water partition coefficient (Wildman–Crippen LogP) is 3.46. The minimum atomic E-state index is -0.0112. The van der Waals surface area contributed by atoms with Gasteiger partial charge >= 0.3 is 0 Å². The maximum Gasteiger partial charge on any atom is 0.231 e. The smallest absolute Gasteiger partial charge is 0.231 e. The summed E-state index contributed by atoms with van der Waals surface area (Å²) in [7, 11) is 8.05. The van der Waals surface area contributed by atoms with Gasteiger partial charge in [-0.05, 0) is 60.1 Å². The summed E-state index contributed by atoms with van der Waals surface area (Å²) in [4.78, 5) is 0. The number of phenolic OH excluding ortho intramolecular Hbond substituents is 1. The molecule has 0 amide bonds. The van der Waals surface area contributed by atoms with Crippen molar-refractivity contribution in [3.63, 3.8) is 0 Å². The van der Waals surface area contributed by atoms with Gasteiger partial charge in [0.25, 0.3) is 0 Å². The molecule has 1 aliphatic heterocycles. The van der Waals surface area contributed by atoms with Crippen LogP contribution in [0.15, 0.2) is 24.3 Å². The highest BCUT2D eigenvalue weighted by molar-refractivity contribution is 5.55. The molecule has 32 heavy (non-hydrogen) atoms. The van der Waals surface area contributed by atoms with Crippen molar-refractivity contribution in [3.8, 4) is 34.5 Å². The Morgan fingerprint density at radius 3 is 1.75 bits per heavy atom. The summed E-state index contributed by atoms with van der Waals surface area (Å²) in [5, 5.41) is 10.2. The molecule has 8 nitrogen and oxygen atoms in total. The molecule has 0 fully saturated rings. The van der Waals surface area contributed by atoms with Crippen LogP contribution in [0, 0.1) is 11.8 Å². The lowest BCUT2D eigenvalue weighted by Gasteiger charge is -2.27. The average Bonchev–Trinajstić information content (AvgIpc) is 3.27. The quantitative estimate of drug-likeness (QED) is 0.529. The van der Waals surface area contributed by atoms with Crippen LogP contribution in [0.5, 0.6) is 34.5 Å². The van der Waals surface area contributed by atoms with E-state index in [1.807, 2.05) is 24.3 Å². The van der Waals surface area contributed by atoms with Crippen molar-refractivity contribution in [1.82, 2.24) is 0 Å². The van der Waals surface area contributed by atoms with Gasteiger partial charge in [0.2, 0.25) is 18.3 Å². The average molecular weight is 449 g/mol. The summed E-state index contributed by atoms with van der Waals surface area (Å²) in [6.07, 6.45) is 1.43. The molecule has 0 saturated heterocycles. The molecule has 0 unspecified atom stereocenters. The Labute approximate surface area is 188 Å². The first-order valence-corrected chi connectivity index (χ1v) is 10.4. The van der Waals surface area contributed by atoms with E-state index in [2.05, 4.69) is 0 Å². The molecular weight excluding hydrogens is 416 g/mol. The van der Waals surface area contributed by atoms with Crippen LogP contribution in [0.3, 0.4) is 0 Å². The monoisotopic (exact) mass is 448 g/mol. The molecule has 176 valence electrons. The van der Waals surface area contributed by atoms with E-state index in [0.29, 0.717) is 48.4 Å². The Morgan fingerprint density at radius 1 is 0.750 bits per heavy atom. The molecule has 3 rings (SSSR count). The molecule has 0 aliphatic carbocycles. The molecule has 0 radical (unpaired) electrons. The Hall–Kier alpha value is -2.84. The number of fused-ring (bicyclic) bond motifs is 1. The second-order valence-electron chi connectivity index (χ2n) is 7.72. The predicted molar refractivity (Wildman–Crippen MR) is 118 cm³/mol. The van der Waals surface area contributed by atoms with Crippen molar-refractivity contribution in [1.29, 1.82) is 0 Å². The number of hydrogen-bond acceptors (Lipinski definition) is 8. The molecule has 0 aromatic heterocycles. The number of methoxy groups -OCH3 is 5. The number of rotatable bonds is 12. The Kier molecular flexibility index (Phi) is 8.30. The molecule has 0 bridgehead atoms. The van der Waals surface area contributed by atoms with Crippen LogP contribution in [-0.4, -0.2) is 60.7 Å². The second-order valence-corrected chi connectivity index (χ2v) is 7.72. The van der Waals surface area contributed by atoms with E-state index in [4.69, 9.17) is 33.2 Å². The third kappa shape index (κ3) is 5.31. The zero-order valence-electron chi connectivity index (χ0n) is 19.3. The molecule has 1 heterocycles. The number of ether oxygens (including phenoxy) is 7. The minimum Gasteiger partial charge on any atom is -0.502 e. The third-order valence-corrected chi connectivity index (χ3v) is 5.68. The molecule has 0 saturated carbocycles. The van der Waals surface area contributed by atoms with Gasteiger partial charge in [-0.25, -0.2) is 0 Å². The summed E-state index contributed by atoms with van der Waals surface area (Å²) >= 11 is 0. The number of phenols is 1. The molecule has 1 N–H and O–H groups in total. The van der Waals surface area contributed by atoms with E-state index in [1.165, 1.54) is 14.2 Å². The molecule has 2 atom stereocenters.